The van der Waals surface area contributed by atoms with Crippen LogP contribution >= 0.6 is 0 Å². The van der Waals surface area contributed by atoms with Gasteiger partial charge in [0.2, 0.25) is 0 Å². The molecule has 1 unspecified atom stereocenters. The third-order valence-electron chi connectivity index (χ3n) is 4.11. The van der Waals surface area contributed by atoms with Crippen LogP contribution in [0.25, 0.3) is 10.8 Å². The van der Waals surface area contributed by atoms with Crippen molar-refractivity contribution in [3.05, 3.63) is 64.8 Å². The molecule has 0 bridgehead atoms. The van der Waals surface area contributed by atoms with Gasteiger partial charge in [-0.05, 0) is 48.4 Å². The normalized spacial score (nSPS) is 21.9. The number of hydrogen-bond acceptors (Lipinski definition) is 4. The van der Waals surface area contributed by atoms with Crippen LogP contribution in [0, 0.1) is 4.91 Å². The van der Waals surface area contributed by atoms with E-state index in [4.69, 9.17) is 0 Å². The Labute approximate surface area is 124 Å². The van der Waals surface area contributed by atoms with E-state index in [0.717, 1.165) is 10.9 Å². The molecule has 0 fully saturated rings. The van der Waals surface area contributed by atoms with Crippen LogP contribution in [0.1, 0.15) is 26.3 Å². The molecule has 0 saturated heterocycles. The first-order valence-corrected chi connectivity index (χ1v) is 7.15. The summed E-state index contributed by atoms with van der Waals surface area (Å²) in [6, 6.07) is 14.7. The van der Waals surface area contributed by atoms with Crippen molar-refractivity contribution in [2.45, 2.75) is 32.4 Å². The van der Waals surface area contributed by atoms with Crippen LogP contribution in [-0.4, -0.2) is 11.1 Å². The SMILES string of the molecule is CC(C)N1C=C(N=O)C(C)(c2ccc3ccccc3c2)N1. The van der Waals surface area contributed by atoms with Gasteiger partial charge in [0.25, 0.3) is 0 Å². The highest BCUT2D eigenvalue weighted by Gasteiger charge is 2.39. The van der Waals surface area contributed by atoms with Gasteiger partial charge in [-0.2, -0.15) is 0 Å². The van der Waals surface area contributed by atoms with Crippen molar-refractivity contribution in [2.24, 2.45) is 5.18 Å². The van der Waals surface area contributed by atoms with Crippen LogP contribution in [0.2, 0.25) is 0 Å². The number of fused-ring (bicyclic) bond motifs is 1. The van der Waals surface area contributed by atoms with Crippen molar-refractivity contribution in [2.75, 3.05) is 0 Å². The van der Waals surface area contributed by atoms with E-state index in [1.807, 2.05) is 24.1 Å². The molecule has 0 amide bonds. The van der Waals surface area contributed by atoms with Crippen molar-refractivity contribution in [1.29, 1.82) is 0 Å². The molecule has 0 saturated carbocycles. The van der Waals surface area contributed by atoms with E-state index in [-0.39, 0.29) is 6.04 Å². The molecule has 1 heterocycles. The molecule has 4 nitrogen and oxygen atoms in total. The average molecular weight is 281 g/mol. The monoisotopic (exact) mass is 281 g/mol. The summed E-state index contributed by atoms with van der Waals surface area (Å²) in [5, 5.41) is 7.52. The molecule has 1 N–H and O–H groups in total. The van der Waals surface area contributed by atoms with E-state index in [1.165, 1.54) is 5.39 Å². The second-order valence-electron chi connectivity index (χ2n) is 5.91. The Kier molecular flexibility index (Phi) is 3.26. The zero-order valence-electron chi connectivity index (χ0n) is 12.5. The van der Waals surface area contributed by atoms with E-state index in [1.54, 1.807) is 6.20 Å². The van der Waals surface area contributed by atoms with E-state index in [2.05, 4.69) is 54.8 Å². The quantitative estimate of drug-likeness (QED) is 0.868. The molecule has 21 heavy (non-hydrogen) atoms. The Morgan fingerprint density at radius 1 is 1.14 bits per heavy atom. The molecular weight excluding hydrogens is 262 g/mol. The number of nitrogens with one attached hydrogen (secondary N) is 1. The van der Waals surface area contributed by atoms with E-state index in [9.17, 15) is 4.91 Å². The maximum absolute atomic E-state index is 11.2. The van der Waals surface area contributed by atoms with Crippen LogP contribution in [0.3, 0.4) is 0 Å². The third kappa shape index (κ3) is 2.21. The molecule has 3 rings (SSSR count). The predicted molar refractivity (Wildman–Crippen MR) is 85.3 cm³/mol. The first-order chi connectivity index (χ1) is 10.0. The molecule has 1 aliphatic heterocycles. The minimum atomic E-state index is -0.587. The molecular formula is C17H19N3O. The molecule has 1 atom stereocenters. The van der Waals surface area contributed by atoms with E-state index in [0.29, 0.717) is 5.70 Å². The summed E-state index contributed by atoms with van der Waals surface area (Å²) in [5.41, 5.74) is 4.35. The Morgan fingerprint density at radius 2 is 1.86 bits per heavy atom. The fourth-order valence-corrected chi connectivity index (χ4v) is 2.71. The van der Waals surface area contributed by atoms with Gasteiger partial charge in [-0.15, -0.1) is 4.91 Å². The van der Waals surface area contributed by atoms with E-state index < -0.39 is 5.54 Å². The average Bonchev–Trinajstić information content (AvgIpc) is 2.85. The summed E-state index contributed by atoms with van der Waals surface area (Å²) in [6.45, 7) is 6.13. The fourth-order valence-electron chi connectivity index (χ4n) is 2.71. The van der Waals surface area contributed by atoms with Crippen LogP contribution in [0.15, 0.2) is 59.5 Å². The summed E-state index contributed by atoms with van der Waals surface area (Å²) in [7, 11) is 0. The maximum atomic E-state index is 11.2. The number of hydrogen-bond donors (Lipinski definition) is 1. The summed E-state index contributed by atoms with van der Waals surface area (Å²) in [6.07, 6.45) is 1.80. The van der Waals surface area contributed by atoms with Gasteiger partial charge in [0.05, 0.1) is 0 Å². The molecule has 0 aliphatic carbocycles. The first-order valence-electron chi connectivity index (χ1n) is 7.15. The lowest BCUT2D eigenvalue weighted by molar-refractivity contribution is 0.184. The topological polar surface area (TPSA) is 44.7 Å². The third-order valence-corrected chi connectivity index (χ3v) is 4.11. The predicted octanol–water partition coefficient (Wildman–Crippen LogP) is 3.89. The van der Waals surface area contributed by atoms with Crippen molar-refractivity contribution in [1.82, 2.24) is 10.4 Å². The zero-order chi connectivity index (χ0) is 15.0. The second-order valence-corrected chi connectivity index (χ2v) is 5.91. The highest BCUT2D eigenvalue weighted by Crippen LogP contribution is 2.36. The van der Waals surface area contributed by atoms with Crippen molar-refractivity contribution < 1.29 is 0 Å². The molecule has 2 aromatic carbocycles. The molecule has 0 radical (unpaired) electrons. The van der Waals surface area contributed by atoms with Gasteiger partial charge in [-0.1, -0.05) is 36.4 Å². The number of rotatable bonds is 3. The Balaban J connectivity index is 2.08. The minimum Gasteiger partial charge on any atom is -0.310 e. The van der Waals surface area contributed by atoms with Crippen LogP contribution in [0.4, 0.5) is 0 Å². The van der Waals surface area contributed by atoms with Gasteiger partial charge in [-0.3, -0.25) is 0 Å². The molecule has 1 aliphatic rings. The maximum Gasteiger partial charge on any atom is 0.128 e. The minimum absolute atomic E-state index is 0.254. The fraction of sp³-hybridized carbons (Fsp3) is 0.294. The highest BCUT2D eigenvalue weighted by molar-refractivity contribution is 5.83. The molecule has 0 aromatic heterocycles. The molecule has 2 aromatic rings. The Morgan fingerprint density at radius 3 is 2.52 bits per heavy atom. The Hall–Kier alpha value is -2.20. The molecule has 4 heteroatoms. The lowest BCUT2D eigenvalue weighted by Crippen LogP contribution is -2.46. The lowest BCUT2D eigenvalue weighted by atomic mass is 9.89. The lowest BCUT2D eigenvalue weighted by Gasteiger charge is -2.30. The number of nitrogens with zero attached hydrogens (tertiary/aromatic N) is 2. The van der Waals surface area contributed by atoms with E-state index >= 15 is 0 Å². The number of nitroso groups, excluding NO2 is 1. The zero-order valence-corrected chi connectivity index (χ0v) is 12.5. The molecule has 0 spiro atoms. The Bertz CT molecular complexity index is 723. The van der Waals surface area contributed by atoms with Gasteiger partial charge < -0.3 is 5.01 Å². The summed E-state index contributed by atoms with van der Waals surface area (Å²) in [5.74, 6) is 0. The standard InChI is InChI=1S/C17H19N3O/c1-12(2)20-11-16(18-21)17(3,19-20)15-9-8-13-6-4-5-7-14(13)10-15/h4-12,19H,1-3H3. The van der Waals surface area contributed by atoms with Gasteiger partial charge in [0, 0.05) is 12.2 Å². The van der Waals surface area contributed by atoms with Crippen molar-refractivity contribution >= 4 is 10.8 Å². The number of benzene rings is 2. The smallest absolute Gasteiger partial charge is 0.128 e. The van der Waals surface area contributed by atoms with Crippen molar-refractivity contribution in [3.8, 4) is 0 Å². The van der Waals surface area contributed by atoms with Gasteiger partial charge >= 0.3 is 0 Å². The summed E-state index contributed by atoms with van der Waals surface area (Å²) < 4.78 is 0. The number of hydrazine groups is 1. The first kappa shape index (κ1) is 13.8. The van der Waals surface area contributed by atoms with Gasteiger partial charge in [0.15, 0.2) is 0 Å². The van der Waals surface area contributed by atoms with Crippen molar-refractivity contribution in [3.63, 3.8) is 0 Å². The summed E-state index contributed by atoms with van der Waals surface area (Å²) >= 11 is 0. The van der Waals surface area contributed by atoms with Crippen LogP contribution in [0.5, 0.6) is 0 Å². The highest BCUT2D eigenvalue weighted by atomic mass is 16.3. The largest absolute Gasteiger partial charge is 0.310 e. The summed E-state index contributed by atoms with van der Waals surface area (Å²) in [4.78, 5) is 11.2. The van der Waals surface area contributed by atoms with Gasteiger partial charge in [0.1, 0.15) is 11.2 Å². The molecule has 108 valence electrons. The van der Waals surface area contributed by atoms with Gasteiger partial charge in [-0.25, -0.2) is 5.43 Å². The second kappa shape index (κ2) is 4.97. The van der Waals surface area contributed by atoms with Crippen LogP contribution in [-0.2, 0) is 5.54 Å². The van der Waals surface area contributed by atoms with Crippen LogP contribution < -0.4 is 5.43 Å².